The van der Waals surface area contributed by atoms with Gasteiger partial charge in [0.2, 0.25) is 0 Å². The molecule has 17 aromatic carbocycles. The van der Waals surface area contributed by atoms with E-state index in [4.69, 9.17) is 34.8 Å². The van der Waals surface area contributed by atoms with Gasteiger partial charge in [-0.15, -0.1) is 0 Å². The first kappa shape index (κ1) is 73.0. The molecule has 115 heavy (non-hydrogen) atoms. The van der Waals surface area contributed by atoms with Crippen molar-refractivity contribution in [3.8, 4) is 44.5 Å². The predicted octanol–water partition coefficient (Wildman–Crippen LogP) is 26.3. The van der Waals surface area contributed by atoms with Gasteiger partial charge in [0.25, 0.3) is 0 Å². The number of hydrogen-bond acceptors (Lipinski definition) is 8. The number of para-hydroxylation sites is 3. The summed E-state index contributed by atoms with van der Waals surface area (Å²) in [6.45, 7) is 0. The van der Waals surface area contributed by atoms with Gasteiger partial charge in [0.15, 0.2) is 0 Å². The normalized spacial score (nSPS) is 12.4. The minimum Gasteiger partial charge on any atom is -0.456 e. The van der Waals surface area contributed by atoms with E-state index in [0.717, 1.165) is 114 Å². The number of rotatable bonds is 9. The lowest BCUT2D eigenvalue weighted by atomic mass is 9.68. The van der Waals surface area contributed by atoms with Gasteiger partial charge in [-0.05, 0) is 193 Å². The van der Waals surface area contributed by atoms with E-state index in [1.54, 1.807) is 12.1 Å². The van der Waals surface area contributed by atoms with Crippen molar-refractivity contribution in [1.82, 2.24) is 0 Å². The molecule has 3 aromatic heterocycles. The number of halogens is 2. The summed E-state index contributed by atoms with van der Waals surface area (Å²) in [5, 5.41) is 28.6. The van der Waals surface area contributed by atoms with E-state index in [1.807, 2.05) is 109 Å². The van der Waals surface area contributed by atoms with Gasteiger partial charge in [0, 0.05) is 75.1 Å². The second kappa shape index (κ2) is 31.6. The maximum atomic E-state index is 9.07. The lowest BCUT2D eigenvalue weighted by molar-refractivity contribution is 0.425. The Balaban J connectivity index is 0.000000111. The van der Waals surface area contributed by atoms with Crippen LogP contribution in [0.1, 0.15) is 44.5 Å². The molecule has 0 amide bonds. The highest BCUT2D eigenvalue weighted by molar-refractivity contribution is 9.10. The summed E-state index contributed by atoms with van der Waals surface area (Å²) >= 11 is 7.10. The zero-order chi connectivity index (χ0) is 78.0. The molecule has 0 fully saturated rings. The van der Waals surface area contributed by atoms with Crippen LogP contribution in [0.5, 0.6) is 0 Å². The maximum Gasteiger partial charge on any atom is 0.488 e. The monoisotopic (exact) mass is 1610 g/mol. The molecule has 0 radical (unpaired) electrons. The number of nitrogens with one attached hydrogen (secondary N) is 1. The minimum atomic E-state index is -1.46. The van der Waals surface area contributed by atoms with Gasteiger partial charge in [-0.3, -0.25) is 0 Å². The summed E-state index contributed by atoms with van der Waals surface area (Å²) < 4.78 is 19.9. The van der Waals surface area contributed by atoms with Crippen molar-refractivity contribution in [2.75, 3.05) is 16.8 Å². The van der Waals surface area contributed by atoms with Gasteiger partial charge < -0.3 is 40.1 Å². The first-order valence-corrected chi connectivity index (χ1v) is 39.8. The first-order chi connectivity index (χ1) is 56.5. The van der Waals surface area contributed by atoms with Crippen LogP contribution in [0.15, 0.2) is 429 Å². The van der Waals surface area contributed by atoms with Crippen LogP contribution in [0.25, 0.3) is 110 Å². The second-order valence-corrected chi connectivity index (χ2v) is 30.4. The van der Waals surface area contributed by atoms with Crippen molar-refractivity contribution in [2.24, 2.45) is 0 Å². The smallest absolute Gasteiger partial charge is 0.456 e. The fraction of sp³-hybridized carbons (Fsp3) is 0.0192. The number of nitrogens with two attached hydrogens (primary N) is 2. The van der Waals surface area contributed by atoms with E-state index in [9.17, 15) is 0 Å². The van der Waals surface area contributed by atoms with Crippen LogP contribution in [0.4, 0.5) is 22.7 Å². The SMILES string of the molecule is Brc1cccc2c1-c1ccccc1C2(c1ccccc1)c1ccccc1.Nc1ccc(-c2ccc3c(c2)oc2ccccc23)cc1.Nc1ccc(Br)cc1.OB(O)c1ccc2c(c1)oc1ccccc12.c1ccc(C2(c3ccccc3)c3ccccc3-c3c(Nc4ccc(-c5ccc6c(c5)oc5ccccc56)cc4)cccc32)cc1. The molecule has 8 nitrogen and oxygen atoms in total. The Bertz CT molecular complexity index is 6790. The lowest BCUT2D eigenvalue weighted by Gasteiger charge is -2.33. The fourth-order valence-corrected chi connectivity index (χ4v) is 17.6. The molecule has 0 atom stereocenters. The number of anilines is 4. The molecule has 552 valence electrons. The lowest BCUT2D eigenvalue weighted by Crippen LogP contribution is -2.29. The summed E-state index contributed by atoms with van der Waals surface area (Å²) in [7, 11) is -1.46. The molecule has 20 aromatic rings. The van der Waals surface area contributed by atoms with Crippen molar-refractivity contribution in [3.63, 3.8) is 0 Å². The minimum absolute atomic E-state index is 0.293. The number of nitrogen functional groups attached to an aromatic ring is 2. The van der Waals surface area contributed by atoms with E-state index < -0.39 is 12.5 Å². The topological polar surface area (TPSA) is 144 Å². The van der Waals surface area contributed by atoms with E-state index in [1.165, 1.54) is 66.8 Å². The van der Waals surface area contributed by atoms with Crippen LogP contribution < -0.4 is 22.2 Å². The average molecular weight is 1620 g/mol. The Morgan fingerprint density at radius 1 is 0.278 bits per heavy atom. The Morgan fingerprint density at radius 2 is 0.617 bits per heavy atom. The number of fused-ring (bicyclic) bond motifs is 15. The first-order valence-electron chi connectivity index (χ1n) is 38.2. The maximum absolute atomic E-state index is 9.07. The molecule has 3 heterocycles. The molecule has 0 saturated carbocycles. The summed E-state index contributed by atoms with van der Waals surface area (Å²) in [5.41, 5.74) is 39.9. The van der Waals surface area contributed by atoms with E-state index in [-0.39, 0.29) is 5.41 Å². The Kier molecular flexibility index (Phi) is 20.0. The zero-order valence-electron chi connectivity index (χ0n) is 62.3. The van der Waals surface area contributed by atoms with Crippen LogP contribution in [-0.4, -0.2) is 17.2 Å². The van der Waals surface area contributed by atoms with Gasteiger partial charge in [-0.2, -0.15) is 0 Å². The van der Waals surface area contributed by atoms with Crippen molar-refractivity contribution in [1.29, 1.82) is 0 Å². The van der Waals surface area contributed by atoms with E-state index in [2.05, 4.69) is 322 Å². The van der Waals surface area contributed by atoms with E-state index in [0.29, 0.717) is 11.0 Å². The summed E-state index contributed by atoms with van der Waals surface area (Å²) in [6, 6.07) is 141. The van der Waals surface area contributed by atoms with Gasteiger partial charge in [0.1, 0.15) is 33.5 Å². The number of benzene rings is 17. The third-order valence-electron chi connectivity index (χ3n) is 22.0. The van der Waals surface area contributed by atoms with Crippen LogP contribution in [0, 0.1) is 0 Å². The molecule has 11 heteroatoms. The quantitative estimate of drug-likeness (QED) is 0.0710. The summed E-state index contributed by atoms with van der Waals surface area (Å²) in [5.74, 6) is 0. The van der Waals surface area contributed by atoms with Crippen molar-refractivity contribution >= 4 is 133 Å². The highest BCUT2D eigenvalue weighted by atomic mass is 79.9. The molecule has 2 aliphatic carbocycles. The van der Waals surface area contributed by atoms with Crippen LogP contribution in [-0.2, 0) is 10.8 Å². The largest absolute Gasteiger partial charge is 0.488 e. The number of furan rings is 3. The molecular formula is C104H74BBr2N3O5. The Hall–Kier alpha value is -13.5. The molecule has 0 unspecified atom stereocenters. The average Bonchev–Trinajstić information content (AvgIpc) is 1.54. The Morgan fingerprint density at radius 3 is 1.06 bits per heavy atom. The van der Waals surface area contributed by atoms with Crippen LogP contribution in [0.3, 0.4) is 0 Å². The predicted molar refractivity (Wildman–Crippen MR) is 483 cm³/mol. The number of hydrogen-bond donors (Lipinski definition) is 5. The highest BCUT2D eigenvalue weighted by Gasteiger charge is 2.48. The fourth-order valence-electron chi connectivity index (χ4n) is 16.8. The molecule has 22 rings (SSSR count). The molecule has 0 aliphatic heterocycles. The third-order valence-corrected chi connectivity index (χ3v) is 23.2. The Labute approximate surface area is 683 Å². The van der Waals surface area contributed by atoms with Crippen molar-refractivity contribution < 1.29 is 23.3 Å². The third kappa shape index (κ3) is 13.7. The van der Waals surface area contributed by atoms with Gasteiger partial charge >= 0.3 is 7.12 Å². The van der Waals surface area contributed by atoms with Crippen LogP contribution in [0.2, 0.25) is 0 Å². The van der Waals surface area contributed by atoms with Crippen LogP contribution >= 0.6 is 31.9 Å². The van der Waals surface area contributed by atoms with Gasteiger partial charge in [-0.25, -0.2) is 0 Å². The molecule has 0 bridgehead atoms. The summed E-state index contributed by atoms with van der Waals surface area (Å²) in [4.78, 5) is 0. The molecule has 7 N–H and O–H groups in total. The molecular weight excluding hydrogens is 1540 g/mol. The zero-order valence-corrected chi connectivity index (χ0v) is 65.5. The highest BCUT2D eigenvalue weighted by Crippen LogP contribution is 2.60. The van der Waals surface area contributed by atoms with E-state index >= 15 is 0 Å². The second-order valence-electron chi connectivity index (χ2n) is 28.7. The molecule has 0 saturated heterocycles. The van der Waals surface area contributed by atoms with Gasteiger partial charge in [-0.1, -0.05) is 329 Å². The van der Waals surface area contributed by atoms with Gasteiger partial charge in [0.05, 0.1) is 10.8 Å². The molecule has 0 spiro atoms. The summed E-state index contributed by atoms with van der Waals surface area (Å²) in [6.07, 6.45) is 0. The van der Waals surface area contributed by atoms with Crippen molar-refractivity contribution in [3.05, 3.63) is 460 Å². The molecule has 2 aliphatic rings. The standard InChI is InChI=1S/C43H29NO.C25H17Br.C18H13NO.C12H9BO3.C6H6BrN/c1-3-12-31(13-4-1)43(32-14-5-2-6-15-32)37-18-9-7-17-36(37)42-38(43)19-11-20-39(42)44-33-25-22-29(23-26-33)30-24-27-35-34-16-8-10-21-40(34)45-41(35)28-30;26-23-17-9-16-22-24(23)20-14-7-8-15-21(20)25(22,18-10-3-1-4-11-18)19-12-5-2-6-13-19;19-14-8-5-12(6-9-14)13-7-10-16-15-3-1-2-4-17(15)20-18(16)11-13;14-13(15)8-5-6-10-9-3-1-2-4-11(9)16-12(10)7-8;7-5-1-3-6(8)4-2-5/h1-28,44H;1-17H;1-11H,19H2;1-7,14-15H;1-4H,8H2. The van der Waals surface area contributed by atoms with Crippen molar-refractivity contribution in [2.45, 2.75) is 10.8 Å².